The van der Waals surface area contributed by atoms with Gasteiger partial charge in [0.25, 0.3) is 0 Å². The van der Waals surface area contributed by atoms with E-state index in [4.69, 9.17) is 0 Å². The Balaban J connectivity index is 2.01. The van der Waals surface area contributed by atoms with Crippen molar-refractivity contribution in [1.29, 1.82) is 0 Å². The molecule has 0 aliphatic heterocycles. The predicted octanol–water partition coefficient (Wildman–Crippen LogP) is 2.91. The number of nitrogens with zero attached hydrogens (tertiary/aromatic N) is 3. The Bertz CT molecular complexity index is 505. The van der Waals surface area contributed by atoms with Crippen molar-refractivity contribution in [2.45, 2.75) is 25.7 Å². The zero-order valence-corrected chi connectivity index (χ0v) is 10.5. The highest BCUT2D eigenvalue weighted by atomic mass is 32.1. The molecule has 1 aliphatic carbocycles. The van der Waals surface area contributed by atoms with Crippen LogP contribution >= 0.6 is 11.3 Å². The lowest BCUT2D eigenvalue weighted by atomic mass is 10.2. The van der Waals surface area contributed by atoms with Gasteiger partial charge in [-0.2, -0.15) is 0 Å². The standard InChI is InChI=1S/C12H14N4S/c1-2-14-11-5-9(8-3-4-8)15-12(16-11)10-6-13-7-17-10/h5-8H,2-4H2,1H3,(H,14,15,16). The molecule has 1 fully saturated rings. The zero-order valence-electron chi connectivity index (χ0n) is 9.68. The fourth-order valence-electron chi connectivity index (χ4n) is 1.76. The van der Waals surface area contributed by atoms with Crippen LogP contribution in [0.2, 0.25) is 0 Å². The summed E-state index contributed by atoms with van der Waals surface area (Å²) in [6.45, 7) is 2.95. The van der Waals surface area contributed by atoms with E-state index in [1.54, 1.807) is 11.3 Å². The van der Waals surface area contributed by atoms with Crippen LogP contribution in [0.3, 0.4) is 0 Å². The number of nitrogens with one attached hydrogen (secondary N) is 1. The van der Waals surface area contributed by atoms with Crippen molar-refractivity contribution in [2.24, 2.45) is 0 Å². The van der Waals surface area contributed by atoms with Crippen LogP contribution in [-0.4, -0.2) is 21.5 Å². The molecule has 0 radical (unpaired) electrons. The van der Waals surface area contributed by atoms with Crippen molar-refractivity contribution < 1.29 is 0 Å². The number of anilines is 1. The van der Waals surface area contributed by atoms with Crippen molar-refractivity contribution in [2.75, 3.05) is 11.9 Å². The monoisotopic (exact) mass is 246 g/mol. The van der Waals surface area contributed by atoms with E-state index in [1.807, 2.05) is 11.7 Å². The number of aromatic nitrogens is 3. The largest absolute Gasteiger partial charge is 0.370 e. The molecular weight excluding hydrogens is 232 g/mol. The first kappa shape index (κ1) is 10.7. The predicted molar refractivity (Wildman–Crippen MR) is 69.3 cm³/mol. The van der Waals surface area contributed by atoms with Gasteiger partial charge in [0.2, 0.25) is 0 Å². The number of thiazole rings is 1. The molecule has 0 unspecified atom stereocenters. The van der Waals surface area contributed by atoms with Crippen molar-refractivity contribution in [3.05, 3.63) is 23.5 Å². The normalized spacial score (nSPS) is 14.9. The molecule has 0 atom stereocenters. The Hall–Kier alpha value is -1.49. The maximum absolute atomic E-state index is 4.64. The smallest absolute Gasteiger partial charge is 0.173 e. The summed E-state index contributed by atoms with van der Waals surface area (Å²) < 4.78 is 0. The molecule has 0 spiro atoms. The number of hydrogen-bond donors (Lipinski definition) is 1. The fraction of sp³-hybridized carbons (Fsp3) is 0.417. The molecule has 2 heterocycles. The van der Waals surface area contributed by atoms with Gasteiger partial charge < -0.3 is 5.32 Å². The van der Waals surface area contributed by atoms with Crippen molar-refractivity contribution in [3.63, 3.8) is 0 Å². The third-order valence-corrected chi connectivity index (χ3v) is 3.52. The fourth-order valence-corrected chi connectivity index (χ4v) is 2.32. The summed E-state index contributed by atoms with van der Waals surface area (Å²) in [6.07, 6.45) is 4.34. The molecule has 88 valence electrons. The highest BCUT2D eigenvalue weighted by molar-refractivity contribution is 7.13. The van der Waals surface area contributed by atoms with Crippen molar-refractivity contribution in [3.8, 4) is 10.7 Å². The second-order valence-electron chi connectivity index (χ2n) is 4.17. The SMILES string of the molecule is CCNc1cc(C2CC2)nc(-c2cncs2)n1. The summed E-state index contributed by atoms with van der Waals surface area (Å²) >= 11 is 1.58. The van der Waals surface area contributed by atoms with Crippen LogP contribution in [0.1, 0.15) is 31.4 Å². The lowest BCUT2D eigenvalue weighted by Crippen LogP contribution is -2.03. The van der Waals surface area contributed by atoms with Crippen molar-refractivity contribution in [1.82, 2.24) is 15.0 Å². The molecule has 17 heavy (non-hydrogen) atoms. The molecular formula is C12H14N4S. The lowest BCUT2D eigenvalue weighted by Gasteiger charge is -2.07. The van der Waals surface area contributed by atoms with Gasteiger partial charge in [-0.25, -0.2) is 9.97 Å². The first-order valence-corrected chi connectivity index (χ1v) is 6.76. The van der Waals surface area contributed by atoms with Crippen LogP contribution < -0.4 is 5.32 Å². The Labute approximate surface area is 104 Å². The summed E-state index contributed by atoms with van der Waals surface area (Å²) in [4.78, 5) is 14.3. The molecule has 5 heteroatoms. The van der Waals surface area contributed by atoms with Gasteiger partial charge in [0.15, 0.2) is 5.82 Å². The quantitative estimate of drug-likeness (QED) is 0.901. The highest BCUT2D eigenvalue weighted by Crippen LogP contribution is 2.40. The van der Waals surface area contributed by atoms with Crippen LogP contribution in [0.15, 0.2) is 17.8 Å². The van der Waals surface area contributed by atoms with Crippen LogP contribution in [-0.2, 0) is 0 Å². The topological polar surface area (TPSA) is 50.7 Å². The molecule has 0 saturated heterocycles. The summed E-state index contributed by atoms with van der Waals surface area (Å²) in [6, 6.07) is 2.08. The summed E-state index contributed by atoms with van der Waals surface area (Å²) in [7, 11) is 0. The molecule has 1 saturated carbocycles. The first-order valence-electron chi connectivity index (χ1n) is 5.88. The average molecular weight is 246 g/mol. The third kappa shape index (κ3) is 2.29. The van der Waals surface area contributed by atoms with E-state index in [2.05, 4.69) is 33.3 Å². The highest BCUT2D eigenvalue weighted by Gasteiger charge is 2.26. The molecule has 2 aromatic heterocycles. The Kier molecular flexibility index (Phi) is 2.76. The minimum Gasteiger partial charge on any atom is -0.370 e. The maximum Gasteiger partial charge on any atom is 0.173 e. The van der Waals surface area contributed by atoms with Gasteiger partial charge in [-0.05, 0) is 19.8 Å². The van der Waals surface area contributed by atoms with E-state index < -0.39 is 0 Å². The summed E-state index contributed by atoms with van der Waals surface area (Å²) in [5, 5.41) is 3.27. The second-order valence-corrected chi connectivity index (χ2v) is 5.06. The Morgan fingerprint density at radius 3 is 2.94 bits per heavy atom. The van der Waals surface area contributed by atoms with Gasteiger partial charge in [0, 0.05) is 30.4 Å². The van der Waals surface area contributed by atoms with Crippen LogP contribution in [0.25, 0.3) is 10.7 Å². The minimum absolute atomic E-state index is 0.641. The maximum atomic E-state index is 4.64. The molecule has 2 aromatic rings. The molecule has 4 nitrogen and oxygen atoms in total. The van der Waals surface area contributed by atoms with Gasteiger partial charge >= 0.3 is 0 Å². The van der Waals surface area contributed by atoms with Crippen molar-refractivity contribution >= 4 is 17.2 Å². The van der Waals surface area contributed by atoms with Gasteiger partial charge in [-0.1, -0.05) is 0 Å². The van der Waals surface area contributed by atoms with Crippen LogP contribution in [0.5, 0.6) is 0 Å². The lowest BCUT2D eigenvalue weighted by molar-refractivity contribution is 0.990. The molecule has 1 N–H and O–H groups in total. The summed E-state index contributed by atoms with van der Waals surface area (Å²) in [5.41, 5.74) is 2.98. The third-order valence-electron chi connectivity index (χ3n) is 2.75. The average Bonchev–Trinajstić information content (AvgIpc) is 3.05. The van der Waals surface area contributed by atoms with Gasteiger partial charge in [0.05, 0.1) is 10.4 Å². The number of hydrogen-bond acceptors (Lipinski definition) is 5. The summed E-state index contributed by atoms with van der Waals surface area (Å²) in [5.74, 6) is 2.36. The van der Waals surface area contributed by atoms with Gasteiger partial charge in [-0.3, -0.25) is 4.98 Å². The molecule has 1 aliphatic rings. The number of rotatable bonds is 4. The zero-order chi connectivity index (χ0) is 11.7. The van der Waals surface area contributed by atoms with Gasteiger partial charge in [-0.15, -0.1) is 11.3 Å². The minimum atomic E-state index is 0.641. The Morgan fingerprint density at radius 1 is 1.41 bits per heavy atom. The molecule has 3 rings (SSSR count). The molecule has 0 bridgehead atoms. The molecule has 0 amide bonds. The van der Waals surface area contributed by atoms with E-state index in [0.717, 1.165) is 23.1 Å². The van der Waals surface area contributed by atoms with E-state index in [0.29, 0.717) is 5.92 Å². The Morgan fingerprint density at radius 2 is 2.29 bits per heavy atom. The second kappa shape index (κ2) is 4.41. The van der Waals surface area contributed by atoms with Crippen LogP contribution in [0, 0.1) is 0 Å². The van der Waals surface area contributed by atoms with E-state index in [9.17, 15) is 0 Å². The molecule has 0 aromatic carbocycles. The first-order chi connectivity index (χ1) is 8.36. The van der Waals surface area contributed by atoms with E-state index in [1.165, 1.54) is 18.5 Å². The van der Waals surface area contributed by atoms with E-state index >= 15 is 0 Å². The van der Waals surface area contributed by atoms with E-state index in [-0.39, 0.29) is 0 Å². The van der Waals surface area contributed by atoms with Gasteiger partial charge in [0.1, 0.15) is 5.82 Å². The van der Waals surface area contributed by atoms with Crippen LogP contribution in [0.4, 0.5) is 5.82 Å².